The van der Waals surface area contributed by atoms with Crippen LogP contribution in [0.3, 0.4) is 0 Å². The van der Waals surface area contributed by atoms with Crippen LogP contribution in [0.2, 0.25) is 0 Å². The molecule has 0 spiro atoms. The van der Waals surface area contributed by atoms with Crippen molar-refractivity contribution in [2.24, 2.45) is 28.9 Å². The first-order chi connectivity index (χ1) is 11.3. The number of carbonyl (C=O) groups is 2. The van der Waals surface area contributed by atoms with Gasteiger partial charge in [-0.25, -0.2) is 0 Å². The highest BCUT2D eigenvalue weighted by molar-refractivity contribution is 7.99. The molecule has 3 rings (SSSR count). The normalized spacial score (nSPS) is 39.5. The molecule has 3 N–H and O–H groups in total. The van der Waals surface area contributed by atoms with Crippen molar-refractivity contribution in [1.82, 2.24) is 0 Å². The maximum absolute atomic E-state index is 12.3. The third-order valence-electron chi connectivity index (χ3n) is 5.99. The molecular weight excluding hydrogens is 326 g/mol. The molecule has 1 heterocycles. The molecule has 6 heteroatoms. The lowest BCUT2D eigenvalue weighted by Gasteiger charge is -2.46. The van der Waals surface area contributed by atoms with E-state index < -0.39 is 12.0 Å². The van der Waals surface area contributed by atoms with E-state index in [2.05, 4.69) is 19.9 Å². The molecule has 0 amide bonds. The number of carboxylic acids is 1. The van der Waals surface area contributed by atoms with Gasteiger partial charge in [-0.05, 0) is 30.6 Å². The molecule has 0 bridgehead atoms. The second kappa shape index (κ2) is 6.71. The summed E-state index contributed by atoms with van der Waals surface area (Å²) in [6, 6.07) is -0.880. The molecule has 1 aliphatic heterocycles. The summed E-state index contributed by atoms with van der Waals surface area (Å²) in [6.45, 7) is 4.60. The van der Waals surface area contributed by atoms with Crippen LogP contribution in [-0.4, -0.2) is 40.7 Å². The molecule has 0 aromatic rings. The van der Waals surface area contributed by atoms with E-state index in [9.17, 15) is 9.59 Å². The van der Waals surface area contributed by atoms with Gasteiger partial charge in [0, 0.05) is 17.4 Å². The van der Waals surface area contributed by atoms with Gasteiger partial charge in [-0.1, -0.05) is 31.9 Å². The number of carbonyl (C=O) groups excluding carboxylic acids is 1. The molecule has 2 fully saturated rings. The fourth-order valence-corrected chi connectivity index (χ4v) is 5.78. The van der Waals surface area contributed by atoms with Gasteiger partial charge in [0.15, 0.2) is 0 Å². The van der Waals surface area contributed by atoms with Crippen LogP contribution in [0.25, 0.3) is 0 Å². The second-order valence-corrected chi connectivity index (χ2v) is 8.90. The lowest BCUT2D eigenvalue weighted by Crippen LogP contribution is -2.39. The number of rotatable bonds is 5. The Morgan fingerprint density at radius 2 is 2.33 bits per heavy atom. The van der Waals surface area contributed by atoms with Crippen molar-refractivity contribution in [1.29, 1.82) is 0 Å². The maximum atomic E-state index is 12.3. The summed E-state index contributed by atoms with van der Waals surface area (Å²) < 4.78 is 5.69. The van der Waals surface area contributed by atoms with E-state index in [1.54, 1.807) is 0 Å². The summed E-state index contributed by atoms with van der Waals surface area (Å²) in [6.07, 6.45) is 6.88. The summed E-state index contributed by atoms with van der Waals surface area (Å²) in [5.74, 6) is 0.307. The van der Waals surface area contributed by atoms with E-state index in [1.807, 2.05) is 0 Å². The summed E-state index contributed by atoms with van der Waals surface area (Å²) in [5, 5.41) is 8.86. The van der Waals surface area contributed by atoms with Crippen molar-refractivity contribution < 1.29 is 19.4 Å². The van der Waals surface area contributed by atoms with Crippen LogP contribution >= 0.6 is 11.8 Å². The Labute approximate surface area is 147 Å². The number of hydrogen-bond acceptors (Lipinski definition) is 5. The molecule has 0 aromatic carbocycles. The molecule has 134 valence electrons. The predicted octanol–water partition coefficient (Wildman–Crippen LogP) is 2.45. The van der Waals surface area contributed by atoms with Crippen LogP contribution in [0.5, 0.6) is 0 Å². The number of esters is 1. The Bertz CT molecular complexity index is 563. The van der Waals surface area contributed by atoms with Crippen molar-refractivity contribution in [3.8, 4) is 0 Å². The van der Waals surface area contributed by atoms with Crippen molar-refractivity contribution in [2.75, 3.05) is 11.5 Å². The largest absolute Gasteiger partial charge is 0.480 e. The molecule has 5 nitrogen and oxygen atoms in total. The number of nitrogens with two attached hydrogens (primary N) is 1. The summed E-state index contributed by atoms with van der Waals surface area (Å²) in [4.78, 5) is 23.1. The molecule has 0 radical (unpaired) electrons. The number of aliphatic carboxylic acids is 1. The number of thioether (sulfide) groups is 1. The van der Waals surface area contributed by atoms with E-state index in [-0.39, 0.29) is 29.3 Å². The van der Waals surface area contributed by atoms with Gasteiger partial charge in [0.25, 0.3) is 0 Å². The van der Waals surface area contributed by atoms with Crippen molar-refractivity contribution in [3.63, 3.8) is 0 Å². The average molecular weight is 353 g/mol. The highest BCUT2D eigenvalue weighted by Gasteiger charge is 2.51. The van der Waals surface area contributed by atoms with E-state index in [1.165, 1.54) is 36.6 Å². The smallest absolute Gasteiger partial charge is 0.321 e. The lowest BCUT2D eigenvalue weighted by molar-refractivity contribution is -0.144. The summed E-state index contributed by atoms with van der Waals surface area (Å²) in [5.41, 5.74) is 7.22. The SMILES string of the molecule is CC1CCC[C@]2(C)C[C@H]3OC(=O)C(CSC[C@H](N)C(=O)O)[C@H]3C=C12. The van der Waals surface area contributed by atoms with E-state index in [0.717, 1.165) is 6.42 Å². The minimum Gasteiger partial charge on any atom is -0.480 e. The number of ether oxygens (including phenoxy) is 1. The molecule has 2 unspecified atom stereocenters. The predicted molar refractivity (Wildman–Crippen MR) is 93.6 cm³/mol. The van der Waals surface area contributed by atoms with E-state index >= 15 is 0 Å². The number of hydrogen-bond donors (Lipinski definition) is 2. The first-order valence-electron chi connectivity index (χ1n) is 8.80. The van der Waals surface area contributed by atoms with E-state index in [4.69, 9.17) is 15.6 Å². The fraction of sp³-hybridized carbons (Fsp3) is 0.778. The van der Waals surface area contributed by atoms with Crippen LogP contribution in [0.1, 0.15) is 39.5 Å². The quantitative estimate of drug-likeness (QED) is 0.583. The van der Waals surface area contributed by atoms with Crippen molar-refractivity contribution >= 4 is 23.7 Å². The van der Waals surface area contributed by atoms with Crippen LogP contribution in [0, 0.1) is 23.2 Å². The molecule has 24 heavy (non-hydrogen) atoms. The minimum absolute atomic E-state index is 0.0182. The van der Waals surface area contributed by atoms with Crippen LogP contribution in [-0.2, 0) is 14.3 Å². The Morgan fingerprint density at radius 1 is 1.58 bits per heavy atom. The maximum Gasteiger partial charge on any atom is 0.321 e. The van der Waals surface area contributed by atoms with Gasteiger partial charge in [0.05, 0.1) is 5.92 Å². The summed E-state index contributed by atoms with van der Waals surface area (Å²) in [7, 11) is 0. The van der Waals surface area contributed by atoms with Gasteiger partial charge in [-0.15, -0.1) is 0 Å². The highest BCUT2D eigenvalue weighted by atomic mass is 32.2. The number of allylic oxidation sites excluding steroid dienone is 1. The van der Waals surface area contributed by atoms with Crippen molar-refractivity contribution in [2.45, 2.75) is 51.7 Å². The van der Waals surface area contributed by atoms with Crippen LogP contribution in [0.4, 0.5) is 0 Å². The van der Waals surface area contributed by atoms with Gasteiger partial charge >= 0.3 is 11.9 Å². The number of fused-ring (bicyclic) bond motifs is 2. The van der Waals surface area contributed by atoms with Crippen LogP contribution in [0.15, 0.2) is 11.6 Å². The van der Waals surface area contributed by atoms with Crippen molar-refractivity contribution in [3.05, 3.63) is 11.6 Å². The van der Waals surface area contributed by atoms with E-state index in [0.29, 0.717) is 17.4 Å². The zero-order valence-corrected chi connectivity index (χ0v) is 15.2. The Morgan fingerprint density at radius 3 is 3.04 bits per heavy atom. The van der Waals surface area contributed by atoms with Gasteiger partial charge in [-0.2, -0.15) is 11.8 Å². The molecule has 3 aliphatic rings. The van der Waals surface area contributed by atoms with Crippen LogP contribution < -0.4 is 5.73 Å². The Balaban J connectivity index is 1.71. The van der Waals surface area contributed by atoms with Gasteiger partial charge in [0.2, 0.25) is 0 Å². The third-order valence-corrected chi connectivity index (χ3v) is 7.18. The average Bonchev–Trinajstić information content (AvgIpc) is 2.79. The lowest BCUT2D eigenvalue weighted by atomic mass is 9.59. The van der Waals surface area contributed by atoms with Gasteiger partial charge in [0.1, 0.15) is 12.1 Å². The Hall–Kier alpha value is -1.01. The molecule has 1 saturated carbocycles. The first-order valence-corrected chi connectivity index (χ1v) is 9.96. The zero-order chi connectivity index (χ0) is 17.5. The standard InChI is InChI=1S/C18H27NO4S/c1-10-4-3-5-18(2)7-15-11(6-13(10)18)12(17(22)23-15)8-24-9-14(19)16(20)21/h6,10-12,14-15H,3-5,7-9,19H2,1-2H3,(H,20,21)/t10?,11-,12?,14+,15-,18-/m1/s1. The highest BCUT2D eigenvalue weighted by Crippen LogP contribution is 2.54. The number of carboxylic acid groups (broad SMARTS) is 1. The third kappa shape index (κ3) is 3.23. The van der Waals surface area contributed by atoms with Gasteiger partial charge < -0.3 is 15.6 Å². The topological polar surface area (TPSA) is 89.6 Å². The first kappa shape index (κ1) is 17.8. The monoisotopic (exact) mass is 353 g/mol. The Kier molecular flexibility index (Phi) is 4.98. The minimum atomic E-state index is -0.999. The zero-order valence-electron chi connectivity index (χ0n) is 14.4. The molecule has 1 saturated heterocycles. The fourth-order valence-electron chi connectivity index (χ4n) is 4.63. The second-order valence-electron chi connectivity index (χ2n) is 7.82. The molecule has 2 aliphatic carbocycles. The summed E-state index contributed by atoms with van der Waals surface area (Å²) >= 11 is 1.44. The molecule has 0 aromatic heterocycles. The van der Waals surface area contributed by atoms with Gasteiger partial charge in [-0.3, -0.25) is 9.59 Å². The molecular formula is C18H27NO4S. The molecule has 6 atom stereocenters.